The van der Waals surface area contributed by atoms with Crippen LogP contribution in [0.15, 0.2) is 54.9 Å². The summed E-state index contributed by atoms with van der Waals surface area (Å²) in [4.78, 5) is 28.5. The summed E-state index contributed by atoms with van der Waals surface area (Å²) in [6.07, 6.45) is 5.18. The van der Waals surface area contributed by atoms with E-state index in [1.165, 1.54) is 0 Å². The van der Waals surface area contributed by atoms with Gasteiger partial charge in [0.1, 0.15) is 5.82 Å². The van der Waals surface area contributed by atoms with E-state index in [4.69, 9.17) is 19.4 Å². The molecule has 2 fully saturated rings. The van der Waals surface area contributed by atoms with Gasteiger partial charge in [-0.05, 0) is 56.2 Å². The smallest absolute Gasteiger partial charge is 0.323 e. The van der Waals surface area contributed by atoms with Crippen LogP contribution in [0.3, 0.4) is 0 Å². The molecule has 2 saturated heterocycles. The van der Waals surface area contributed by atoms with Crippen LogP contribution < -0.4 is 15.5 Å². The Morgan fingerprint density at radius 2 is 1.66 bits per heavy atom. The SMILES string of the molecule is C[C@@H]1COCCN1c1cc(C2CCOCC2)nc(-c2ccc(NC(=O)Nc3ccncc3)cc2)n1. The number of rotatable bonds is 5. The number of amides is 2. The summed E-state index contributed by atoms with van der Waals surface area (Å²) in [5, 5.41) is 5.64. The zero-order chi connectivity index (χ0) is 24.0. The lowest BCUT2D eigenvalue weighted by Crippen LogP contribution is -2.44. The van der Waals surface area contributed by atoms with E-state index in [0.29, 0.717) is 36.3 Å². The Morgan fingerprint density at radius 1 is 0.943 bits per heavy atom. The molecule has 0 spiro atoms. The first-order valence-electron chi connectivity index (χ1n) is 12.1. The minimum absolute atomic E-state index is 0.250. The van der Waals surface area contributed by atoms with Crippen molar-refractivity contribution < 1.29 is 14.3 Å². The van der Waals surface area contributed by atoms with E-state index in [0.717, 1.165) is 49.7 Å². The third-order valence-electron chi connectivity index (χ3n) is 6.37. The fourth-order valence-corrected chi connectivity index (χ4v) is 4.43. The van der Waals surface area contributed by atoms with Crippen LogP contribution in [0, 0.1) is 0 Å². The van der Waals surface area contributed by atoms with Crippen molar-refractivity contribution in [1.29, 1.82) is 0 Å². The molecule has 1 aromatic carbocycles. The van der Waals surface area contributed by atoms with Crippen molar-refractivity contribution in [2.45, 2.75) is 31.7 Å². The van der Waals surface area contributed by atoms with Crippen molar-refractivity contribution in [3.8, 4) is 11.4 Å². The van der Waals surface area contributed by atoms with Crippen molar-refractivity contribution in [1.82, 2.24) is 15.0 Å². The zero-order valence-electron chi connectivity index (χ0n) is 19.8. The number of anilines is 3. The van der Waals surface area contributed by atoms with Crippen molar-refractivity contribution in [2.24, 2.45) is 0 Å². The molecule has 0 saturated carbocycles. The van der Waals surface area contributed by atoms with Gasteiger partial charge < -0.3 is 25.0 Å². The number of pyridine rings is 1. The molecular weight excluding hydrogens is 444 g/mol. The molecule has 2 aliphatic heterocycles. The normalized spacial score (nSPS) is 18.8. The first-order chi connectivity index (χ1) is 17.2. The molecule has 2 amide bonds. The summed E-state index contributed by atoms with van der Waals surface area (Å²) >= 11 is 0. The predicted molar refractivity (Wildman–Crippen MR) is 135 cm³/mol. The van der Waals surface area contributed by atoms with E-state index < -0.39 is 0 Å². The highest BCUT2D eigenvalue weighted by Crippen LogP contribution is 2.31. The fourth-order valence-electron chi connectivity index (χ4n) is 4.43. The first-order valence-corrected chi connectivity index (χ1v) is 12.1. The molecule has 3 aromatic rings. The Bertz CT molecular complexity index is 1140. The highest BCUT2D eigenvalue weighted by molar-refractivity contribution is 5.99. The van der Waals surface area contributed by atoms with Gasteiger partial charge in [-0.15, -0.1) is 0 Å². The van der Waals surface area contributed by atoms with Crippen molar-refractivity contribution >= 4 is 23.2 Å². The summed E-state index contributed by atoms with van der Waals surface area (Å²) in [7, 11) is 0. The molecule has 2 N–H and O–H groups in total. The van der Waals surface area contributed by atoms with Crippen molar-refractivity contribution in [3.63, 3.8) is 0 Å². The molecule has 35 heavy (non-hydrogen) atoms. The molecule has 0 radical (unpaired) electrons. The summed E-state index contributed by atoms with van der Waals surface area (Å²) in [5.41, 5.74) is 3.33. The lowest BCUT2D eigenvalue weighted by atomic mass is 9.96. The number of morpholine rings is 1. The molecule has 0 bridgehead atoms. The van der Waals surface area contributed by atoms with Crippen LogP contribution in [0.4, 0.5) is 22.0 Å². The number of hydrogen-bond acceptors (Lipinski definition) is 7. The molecule has 0 unspecified atom stereocenters. The van der Waals surface area contributed by atoms with E-state index in [9.17, 15) is 4.79 Å². The fraction of sp³-hybridized carbons (Fsp3) is 0.385. The maximum Gasteiger partial charge on any atom is 0.323 e. The number of carbonyl (C=O) groups excluding carboxylic acids is 1. The third-order valence-corrected chi connectivity index (χ3v) is 6.37. The van der Waals surface area contributed by atoms with E-state index in [-0.39, 0.29) is 12.1 Å². The third kappa shape index (κ3) is 5.75. The summed E-state index contributed by atoms with van der Waals surface area (Å²) < 4.78 is 11.2. The van der Waals surface area contributed by atoms with Gasteiger partial charge in [-0.3, -0.25) is 4.98 Å². The number of urea groups is 1. The maximum atomic E-state index is 12.3. The Labute approximate surface area is 204 Å². The average molecular weight is 475 g/mol. The molecule has 1 atom stereocenters. The summed E-state index contributed by atoms with van der Waals surface area (Å²) in [6.45, 7) is 5.86. The zero-order valence-corrected chi connectivity index (χ0v) is 19.8. The van der Waals surface area contributed by atoms with Crippen LogP contribution in [0.2, 0.25) is 0 Å². The van der Waals surface area contributed by atoms with Gasteiger partial charge in [0.2, 0.25) is 0 Å². The molecular formula is C26H30N6O3. The second-order valence-electron chi connectivity index (χ2n) is 8.87. The molecule has 9 heteroatoms. The van der Waals surface area contributed by atoms with E-state index in [1.54, 1.807) is 24.5 Å². The monoisotopic (exact) mass is 474 g/mol. The number of carbonyl (C=O) groups is 1. The maximum absolute atomic E-state index is 12.3. The van der Waals surface area contributed by atoms with E-state index >= 15 is 0 Å². The Hall–Kier alpha value is -3.56. The van der Waals surface area contributed by atoms with E-state index in [1.807, 2.05) is 24.3 Å². The van der Waals surface area contributed by atoms with Crippen LogP contribution >= 0.6 is 0 Å². The second-order valence-corrected chi connectivity index (χ2v) is 8.87. The topological polar surface area (TPSA) is 102 Å². The molecule has 182 valence electrons. The van der Waals surface area contributed by atoms with Crippen LogP contribution in [-0.2, 0) is 9.47 Å². The summed E-state index contributed by atoms with van der Waals surface area (Å²) in [5.74, 6) is 1.99. The number of aromatic nitrogens is 3. The first kappa shape index (κ1) is 23.2. The number of ether oxygens (including phenoxy) is 2. The van der Waals surface area contributed by atoms with Crippen molar-refractivity contribution in [2.75, 3.05) is 48.5 Å². The number of nitrogens with zero attached hydrogens (tertiary/aromatic N) is 4. The highest BCUT2D eigenvalue weighted by atomic mass is 16.5. The minimum Gasteiger partial charge on any atom is -0.381 e. The minimum atomic E-state index is -0.315. The lowest BCUT2D eigenvalue weighted by molar-refractivity contribution is 0.0844. The quantitative estimate of drug-likeness (QED) is 0.568. The van der Waals surface area contributed by atoms with Gasteiger partial charge in [0.15, 0.2) is 5.82 Å². The molecule has 5 rings (SSSR count). The van der Waals surface area contributed by atoms with E-state index in [2.05, 4.69) is 33.5 Å². The second kappa shape index (κ2) is 10.8. The standard InChI is InChI=1S/C26H30N6O3/c1-18-17-35-15-12-32(18)24-16-23(19-8-13-34-14-9-19)30-25(31-24)20-2-4-21(5-3-20)28-26(33)29-22-6-10-27-11-7-22/h2-7,10-11,16,18-19H,8-9,12-15,17H2,1H3,(H2,27,28,29,33)/t18-/m1/s1. The summed E-state index contributed by atoms with van der Waals surface area (Å²) in [6, 6.07) is 13.2. The number of benzene rings is 1. The van der Waals surface area contributed by atoms with Gasteiger partial charge in [0.05, 0.1) is 19.3 Å². The molecule has 0 aliphatic carbocycles. The van der Waals surface area contributed by atoms with Crippen molar-refractivity contribution in [3.05, 3.63) is 60.6 Å². The predicted octanol–water partition coefficient (Wildman–Crippen LogP) is 4.30. The van der Waals surface area contributed by atoms with Crippen LogP contribution in [0.25, 0.3) is 11.4 Å². The average Bonchev–Trinajstić information content (AvgIpc) is 2.90. The van der Waals surface area contributed by atoms with Gasteiger partial charge in [-0.2, -0.15) is 0 Å². The van der Waals surface area contributed by atoms with Crippen LogP contribution in [-0.4, -0.2) is 60.0 Å². The van der Waals surface area contributed by atoms with Gasteiger partial charge >= 0.3 is 6.03 Å². The largest absolute Gasteiger partial charge is 0.381 e. The van der Waals surface area contributed by atoms with Gasteiger partial charge in [-0.25, -0.2) is 14.8 Å². The number of hydrogen-bond donors (Lipinski definition) is 2. The molecule has 2 aromatic heterocycles. The Morgan fingerprint density at radius 3 is 2.37 bits per heavy atom. The Balaban J connectivity index is 1.37. The highest BCUT2D eigenvalue weighted by Gasteiger charge is 2.24. The van der Waals surface area contributed by atoms with Crippen LogP contribution in [0.5, 0.6) is 0 Å². The molecule has 4 heterocycles. The molecule has 9 nitrogen and oxygen atoms in total. The van der Waals surface area contributed by atoms with Crippen LogP contribution in [0.1, 0.15) is 31.4 Å². The van der Waals surface area contributed by atoms with Gasteiger partial charge in [-0.1, -0.05) is 0 Å². The van der Waals surface area contributed by atoms with Gasteiger partial charge in [0, 0.05) is 66.8 Å². The number of nitrogens with one attached hydrogen (secondary N) is 2. The molecule has 2 aliphatic rings. The lowest BCUT2D eigenvalue weighted by Gasteiger charge is -2.35. The Kier molecular flexibility index (Phi) is 7.15. The van der Waals surface area contributed by atoms with Gasteiger partial charge in [0.25, 0.3) is 0 Å².